The van der Waals surface area contributed by atoms with Crippen LogP contribution in [-0.4, -0.2) is 32.4 Å². The number of primary amides is 1. The molecule has 4 rings (SSSR count). The first kappa shape index (κ1) is 23.0. The Morgan fingerprint density at radius 3 is 2.44 bits per heavy atom. The lowest BCUT2D eigenvalue weighted by Crippen LogP contribution is -2.26. The monoisotopic (exact) mass is 471 g/mol. The summed E-state index contributed by atoms with van der Waals surface area (Å²) < 4.78 is 53.1. The van der Waals surface area contributed by atoms with Crippen LogP contribution in [0.2, 0.25) is 0 Å². The van der Waals surface area contributed by atoms with Crippen molar-refractivity contribution in [1.29, 1.82) is 5.41 Å². The maximum absolute atomic E-state index is 14.5. The Hall–Kier alpha value is -4.15. The van der Waals surface area contributed by atoms with Crippen molar-refractivity contribution < 1.29 is 27.2 Å². The average molecular weight is 471 g/mol. The van der Waals surface area contributed by atoms with E-state index in [-0.39, 0.29) is 42.0 Å². The fourth-order valence-corrected chi connectivity index (χ4v) is 3.71. The van der Waals surface area contributed by atoms with Crippen molar-refractivity contribution in [3.8, 4) is 0 Å². The summed E-state index contributed by atoms with van der Waals surface area (Å²) in [5.74, 6) is -3.53. The van der Waals surface area contributed by atoms with Crippen molar-refractivity contribution in [1.82, 2.24) is 14.9 Å². The van der Waals surface area contributed by atoms with Gasteiger partial charge in [-0.25, -0.2) is 14.4 Å². The lowest BCUT2D eigenvalue weighted by atomic mass is 9.96. The van der Waals surface area contributed by atoms with Crippen molar-refractivity contribution >= 4 is 17.5 Å². The number of alkyl halides is 3. The molecular weight excluding hydrogens is 454 g/mol. The van der Waals surface area contributed by atoms with Crippen LogP contribution in [0.1, 0.15) is 48.9 Å². The minimum Gasteiger partial charge on any atom is -0.366 e. The van der Waals surface area contributed by atoms with Crippen LogP contribution in [0.25, 0.3) is 0 Å². The maximum Gasteiger partial charge on any atom is 0.451 e. The summed E-state index contributed by atoms with van der Waals surface area (Å²) in [5.41, 5.74) is 6.44. The first-order valence-corrected chi connectivity index (χ1v) is 10.0. The second-order valence-corrected chi connectivity index (χ2v) is 7.70. The van der Waals surface area contributed by atoms with Crippen molar-refractivity contribution in [2.45, 2.75) is 25.7 Å². The Bertz CT molecular complexity index is 1320. The Morgan fingerprint density at radius 2 is 1.76 bits per heavy atom. The number of nitrogens with two attached hydrogens (primary N) is 1. The SMILES string of the molecule is N=C(Cc1ccc(F)c(C(=O)N2Cc3cnc(C(F)(F)F)nc3C2)c1)c1ccccc1C(N)=O. The first-order chi connectivity index (χ1) is 16.0. The molecule has 0 spiro atoms. The molecule has 0 aliphatic carbocycles. The van der Waals surface area contributed by atoms with Gasteiger partial charge in [-0.15, -0.1) is 0 Å². The molecule has 2 heterocycles. The molecule has 11 heteroatoms. The molecule has 0 atom stereocenters. The molecule has 0 saturated carbocycles. The number of fused-ring (bicyclic) bond motifs is 1. The van der Waals surface area contributed by atoms with Gasteiger partial charge >= 0.3 is 6.18 Å². The van der Waals surface area contributed by atoms with E-state index in [4.69, 9.17) is 11.1 Å². The molecule has 34 heavy (non-hydrogen) atoms. The fraction of sp³-hybridized carbons (Fsp3) is 0.174. The highest BCUT2D eigenvalue weighted by molar-refractivity contribution is 6.09. The van der Waals surface area contributed by atoms with E-state index in [0.29, 0.717) is 16.7 Å². The average Bonchev–Trinajstić information content (AvgIpc) is 3.22. The minimum absolute atomic E-state index is 0.00844. The molecule has 174 valence electrons. The Balaban J connectivity index is 1.55. The lowest BCUT2D eigenvalue weighted by molar-refractivity contribution is -0.145. The van der Waals surface area contributed by atoms with Gasteiger partial charge in [0.1, 0.15) is 5.82 Å². The van der Waals surface area contributed by atoms with Crippen molar-refractivity contribution in [3.63, 3.8) is 0 Å². The van der Waals surface area contributed by atoms with Crippen LogP contribution in [0.5, 0.6) is 0 Å². The number of carbonyl (C=O) groups is 2. The molecule has 3 aromatic rings. The summed E-state index contributed by atoms with van der Waals surface area (Å²) in [4.78, 5) is 32.6. The third-order valence-corrected chi connectivity index (χ3v) is 5.36. The zero-order chi connectivity index (χ0) is 24.6. The van der Waals surface area contributed by atoms with E-state index in [2.05, 4.69) is 9.97 Å². The van der Waals surface area contributed by atoms with E-state index in [0.717, 1.165) is 12.3 Å². The third kappa shape index (κ3) is 4.49. The number of carbonyl (C=O) groups excluding carboxylic acids is 2. The summed E-state index contributed by atoms with van der Waals surface area (Å²) in [6, 6.07) is 10.1. The first-order valence-electron chi connectivity index (χ1n) is 10.0. The Kier molecular flexibility index (Phi) is 5.86. The number of rotatable bonds is 5. The van der Waals surface area contributed by atoms with E-state index in [1.54, 1.807) is 18.2 Å². The highest BCUT2D eigenvalue weighted by Crippen LogP contribution is 2.29. The van der Waals surface area contributed by atoms with Gasteiger partial charge < -0.3 is 16.0 Å². The molecule has 0 unspecified atom stereocenters. The van der Waals surface area contributed by atoms with E-state index < -0.39 is 29.6 Å². The molecule has 1 aliphatic rings. The van der Waals surface area contributed by atoms with Crippen LogP contribution in [0.3, 0.4) is 0 Å². The molecule has 1 aliphatic heterocycles. The molecular formula is C23H17F4N5O2. The second kappa shape index (κ2) is 8.65. The Morgan fingerprint density at radius 1 is 1.06 bits per heavy atom. The molecule has 0 saturated heterocycles. The summed E-state index contributed by atoms with van der Waals surface area (Å²) in [5, 5.41) is 8.35. The smallest absolute Gasteiger partial charge is 0.366 e. The number of nitrogens with one attached hydrogen (secondary N) is 1. The van der Waals surface area contributed by atoms with Crippen molar-refractivity contribution in [3.05, 3.63) is 93.8 Å². The summed E-state index contributed by atoms with van der Waals surface area (Å²) in [6.07, 6.45) is -3.71. The minimum atomic E-state index is -4.72. The number of amides is 2. The van der Waals surface area contributed by atoms with Crippen LogP contribution in [0.4, 0.5) is 17.6 Å². The van der Waals surface area contributed by atoms with Crippen LogP contribution in [-0.2, 0) is 25.7 Å². The Labute approximate surface area is 190 Å². The number of aromatic nitrogens is 2. The highest BCUT2D eigenvalue weighted by Gasteiger charge is 2.37. The van der Waals surface area contributed by atoms with Gasteiger partial charge in [0.25, 0.3) is 5.91 Å². The van der Waals surface area contributed by atoms with Crippen LogP contribution < -0.4 is 5.73 Å². The van der Waals surface area contributed by atoms with Gasteiger partial charge in [-0.05, 0) is 23.8 Å². The van der Waals surface area contributed by atoms with E-state index in [1.807, 2.05) is 0 Å². The number of hydrogen-bond donors (Lipinski definition) is 2. The van der Waals surface area contributed by atoms with E-state index >= 15 is 0 Å². The molecule has 1 aromatic heterocycles. The van der Waals surface area contributed by atoms with Crippen LogP contribution in [0, 0.1) is 11.2 Å². The molecule has 7 nitrogen and oxygen atoms in total. The van der Waals surface area contributed by atoms with Gasteiger partial charge in [0.05, 0.1) is 17.8 Å². The van der Waals surface area contributed by atoms with Gasteiger partial charge in [-0.1, -0.05) is 24.3 Å². The number of hydrogen-bond acceptors (Lipinski definition) is 5. The maximum atomic E-state index is 14.5. The van der Waals surface area contributed by atoms with E-state index in [9.17, 15) is 27.2 Å². The fourth-order valence-electron chi connectivity index (χ4n) is 3.71. The standard InChI is InChI=1S/C23H17F4N5O2/c24-17-6-5-12(8-18(28)14-3-1-2-4-15(14)20(29)33)7-16(17)21(34)32-10-13-9-30-22(23(25,26)27)31-19(13)11-32/h1-7,9,28H,8,10-11H2,(H2,29,33). The van der Waals surface area contributed by atoms with Gasteiger partial charge in [-0.3, -0.25) is 9.59 Å². The van der Waals surface area contributed by atoms with Crippen LogP contribution >= 0.6 is 0 Å². The topological polar surface area (TPSA) is 113 Å². The van der Waals surface area contributed by atoms with Crippen molar-refractivity contribution in [2.75, 3.05) is 0 Å². The van der Waals surface area contributed by atoms with Gasteiger partial charge in [0.2, 0.25) is 11.7 Å². The zero-order valence-electron chi connectivity index (χ0n) is 17.5. The van der Waals surface area contributed by atoms with E-state index in [1.165, 1.54) is 23.1 Å². The summed E-state index contributed by atoms with van der Waals surface area (Å²) in [7, 11) is 0. The quantitative estimate of drug-likeness (QED) is 0.438. The van der Waals surface area contributed by atoms with Gasteiger partial charge in [0, 0.05) is 41.6 Å². The van der Waals surface area contributed by atoms with Gasteiger partial charge in [-0.2, -0.15) is 13.2 Å². The second-order valence-electron chi connectivity index (χ2n) is 7.70. The molecule has 2 aromatic carbocycles. The molecule has 3 N–H and O–H groups in total. The molecule has 0 bridgehead atoms. The highest BCUT2D eigenvalue weighted by atomic mass is 19.4. The van der Waals surface area contributed by atoms with Crippen LogP contribution in [0.15, 0.2) is 48.7 Å². The zero-order valence-corrected chi connectivity index (χ0v) is 17.5. The molecule has 2 amide bonds. The molecule has 0 radical (unpaired) electrons. The number of benzene rings is 2. The number of halogens is 4. The predicted octanol–water partition coefficient (Wildman–Crippen LogP) is 3.50. The van der Waals surface area contributed by atoms with Gasteiger partial charge in [0.15, 0.2) is 0 Å². The number of nitrogens with zero attached hydrogens (tertiary/aromatic N) is 3. The normalized spacial score (nSPS) is 13.0. The summed E-state index contributed by atoms with van der Waals surface area (Å²) in [6.45, 7) is -0.275. The predicted molar refractivity (Wildman–Crippen MR) is 113 cm³/mol. The summed E-state index contributed by atoms with van der Waals surface area (Å²) >= 11 is 0. The van der Waals surface area contributed by atoms with Crippen molar-refractivity contribution in [2.24, 2.45) is 5.73 Å². The third-order valence-electron chi connectivity index (χ3n) is 5.36. The largest absolute Gasteiger partial charge is 0.451 e. The molecule has 0 fully saturated rings. The lowest BCUT2D eigenvalue weighted by Gasteiger charge is -2.16.